The third-order valence-electron chi connectivity index (χ3n) is 4.60. The molecule has 3 unspecified atom stereocenters. The molecule has 1 aromatic carbocycles. The number of benzene rings is 1. The highest BCUT2D eigenvalue weighted by Crippen LogP contribution is 2.34. The van der Waals surface area contributed by atoms with Crippen LogP contribution in [-0.2, 0) is 6.42 Å². The van der Waals surface area contributed by atoms with Gasteiger partial charge in [-0.2, -0.15) is 0 Å². The number of hydrogen-bond donors (Lipinski definition) is 2. The first-order chi connectivity index (χ1) is 9.78. The van der Waals surface area contributed by atoms with E-state index in [1.807, 2.05) is 0 Å². The van der Waals surface area contributed by atoms with Crippen LogP contribution in [0.15, 0.2) is 18.2 Å². The van der Waals surface area contributed by atoms with Gasteiger partial charge in [-0.25, -0.2) is 0 Å². The Morgan fingerprint density at radius 2 is 2.10 bits per heavy atom. The summed E-state index contributed by atoms with van der Waals surface area (Å²) in [5.41, 5.74) is 2.82. The molecular formula is C17H25NO2. The zero-order valence-corrected chi connectivity index (χ0v) is 12.3. The van der Waals surface area contributed by atoms with Crippen LogP contribution in [-0.4, -0.2) is 23.9 Å². The molecule has 0 spiro atoms. The molecule has 0 amide bonds. The summed E-state index contributed by atoms with van der Waals surface area (Å²) >= 11 is 0. The molecule has 3 heteroatoms. The van der Waals surface area contributed by atoms with Crippen molar-refractivity contribution in [2.75, 3.05) is 6.54 Å². The molecule has 0 bridgehead atoms. The van der Waals surface area contributed by atoms with Crippen molar-refractivity contribution in [3.63, 3.8) is 0 Å². The smallest absolute Gasteiger partial charge is 0.124 e. The molecule has 3 rings (SSSR count). The zero-order valence-electron chi connectivity index (χ0n) is 12.3. The Kier molecular flexibility index (Phi) is 4.27. The van der Waals surface area contributed by atoms with Gasteiger partial charge in [-0.3, -0.25) is 0 Å². The summed E-state index contributed by atoms with van der Waals surface area (Å²) in [5, 5.41) is 13.5. The summed E-state index contributed by atoms with van der Waals surface area (Å²) in [4.78, 5) is 0. The number of nitrogens with one attached hydrogen (secondary N) is 1. The molecule has 20 heavy (non-hydrogen) atoms. The molecule has 1 fully saturated rings. The van der Waals surface area contributed by atoms with Gasteiger partial charge in [-0.05, 0) is 61.9 Å². The van der Waals surface area contributed by atoms with Gasteiger partial charge in [0.25, 0.3) is 0 Å². The number of ether oxygens (including phenoxy) is 1. The fourth-order valence-corrected chi connectivity index (χ4v) is 3.52. The van der Waals surface area contributed by atoms with Crippen molar-refractivity contribution in [2.45, 2.75) is 63.7 Å². The molecule has 0 aromatic heterocycles. The topological polar surface area (TPSA) is 41.5 Å². The second kappa shape index (κ2) is 6.15. The van der Waals surface area contributed by atoms with Crippen molar-refractivity contribution in [3.05, 3.63) is 29.3 Å². The molecule has 0 saturated heterocycles. The predicted octanol–water partition coefficient (Wildman–Crippen LogP) is 2.97. The van der Waals surface area contributed by atoms with E-state index < -0.39 is 0 Å². The van der Waals surface area contributed by atoms with Gasteiger partial charge in [0.05, 0.1) is 6.10 Å². The minimum Gasteiger partial charge on any atom is -0.488 e. The van der Waals surface area contributed by atoms with E-state index in [-0.39, 0.29) is 12.2 Å². The van der Waals surface area contributed by atoms with Crippen molar-refractivity contribution in [2.24, 2.45) is 0 Å². The Bertz CT molecular complexity index is 460. The number of rotatable bonds is 4. The third-order valence-corrected chi connectivity index (χ3v) is 4.60. The Balaban J connectivity index is 1.70. The van der Waals surface area contributed by atoms with E-state index in [0.717, 1.165) is 44.4 Å². The van der Waals surface area contributed by atoms with Crippen LogP contribution in [0.2, 0.25) is 0 Å². The quantitative estimate of drug-likeness (QED) is 0.887. The van der Waals surface area contributed by atoms with Crippen molar-refractivity contribution in [3.8, 4) is 5.75 Å². The SMILES string of the molecule is CCNC1CCc2cc(OC3CCCCC3O)ccc21. The van der Waals surface area contributed by atoms with Gasteiger partial charge < -0.3 is 15.2 Å². The molecule has 3 nitrogen and oxygen atoms in total. The average Bonchev–Trinajstić information content (AvgIpc) is 2.85. The maximum atomic E-state index is 10.0. The summed E-state index contributed by atoms with van der Waals surface area (Å²) in [6.07, 6.45) is 6.11. The zero-order chi connectivity index (χ0) is 13.9. The molecule has 2 aliphatic carbocycles. The van der Waals surface area contributed by atoms with Gasteiger partial charge in [0.15, 0.2) is 0 Å². The maximum absolute atomic E-state index is 10.0. The molecule has 1 aromatic rings. The van der Waals surface area contributed by atoms with Gasteiger partial charge >= 0.3 is 0 Å². The second-order valence-corrected chi connectivity index (χ2v) is 6.02. The van der Waals surface area contributed by atoms with Crippen molar-refractivity contribution in [1.29, 1.82) is 0 Å². The van der Waals surface area contributed by atoms with Crippen LogP contribution in [0.1, 0.15) is 56.2 Å². The Morgan fingerprint density at radius 1 is 1.25 bits per heavy atom. The standard InChI is InChI=1S/C17H25NO2/c1-2-18-15-10-7-12-11-13(8-9-14(12)15)20-17-6-4-3-5-16(17)19/h8-9,11,15-19H,2-7,10H2,1H3. The molecule has 0 radical (unpaired) electrons. The average molecular weight is 275 g/mol. The van der Waals surface area contributed by atoms with E-state index in [1.165, 1.54) is 17.5 Å². The molecule has 2 N–H and O–H groups in total. The number of fused-ring (bicyclic) bond motifs is 1. The molecular weight excluding hydrogens is 250 g/mol. The highest BCUT2D eigenvalue weighted by molar-refractivity contribution is 5.40. The summed E-state index contributed by atoms with van der Waals surface area (Å²) in [6, 6.07) is 6.94. The van der Waals surface area contributed by atoms with E-state index in [0.29, 0.717) is 6.04 Å². The van der Waals surface area contributed by atoms with Crippen LogP contribution in [0.5, 0.6) is 5.75 Å². The van der Waals surface area contributed by atoms with Gasteiger partial charge in [0, 0.05) is 6.04 Å². The van der Waals surface area contributed by atoms with Crippen molar-refractivity contribution < 1.29 is 9.84 Å². The number of aliphatic hydroxyl groups excluding tert-OH is 1. The second-order valence-electron chi connectivity index (χ2n) is 6.02. The fraction of sp³-hybridized carbons (Fsp3) is 0.647. The van der Waals surface area contributed by atoms with Crippen LogP contribution in [0.25, 0.3) is 0 Å². The maximum Gasteiger partial charge on any atom is 0.124 e. The molecule has 3 atom stereocenters. The predicted molar refractivity (Wildman–Crippen MR) is 80.1 cm³/mol. The van der Waals surface area contributed by atoms with Gasteiger partial charge in [0.1, 0.15) is 11.9 Å². The van der Waals surface area contributed by atoms with E-state index in [4.69, 9.17) is 4.74 Å². The molecule has 0 aliphatic heterocycles. The first-order valence-corrected chi connectivity index (χ1v) is 7.99. The lowest BCUT2D eigenvalue weighted by Crippen LogP contribution is -2.34. The third kappa shape index (κ3) is 2.84. The first-order valence-electron chi connectivity index (χ1n) is 7.99. The highest BCUT2D eigenvalue weighted by Gasteiger charge is 2.26. The number of aryl methyl sites for hydroxylation is 1. The molecule has 0 heterocycles. The summed E-state index contributed by atoms with van der Waals surface area (Å²) < 4.78 is 6.02. The van der Waals surface area contributed by atoms with Crippen LogP contribution < -0.4 is 10.1 Å². The molecule has 1 saturated carbocycles. The minimum absolute atomic E-state index is 0.0206. The Morgan fingerprint density at radius 3 is 2.90 bits per heavy atom. The summed E-state index contributed by atoms with van der Waals surface area (Å²) in [6.45, 7) is 3.16. The number of hydrogen-bond acceptors (Lipinski definition) is 3. The van der Waals surface area contributed by atoms with Gasteiger partial charge in [0.2, 0.25) is 0 Å². The van der Waals surface area contributed by atoms with Gasteiger partial charge in [-0.15, -0.1) is 0 Å². The van der Waals surface area contributed by atoms with Crippen LogP contribution in [0, 0.1) is 0 Å². The van der Waals surface area contributed by atoms with Gasteiger partial charge in [-0.1, -0.05) is 19.4 Å². The normalized spacial score (nSPS) is 29.2. The van der Waals surface area contributed by atoms with E-state index >= 15 is 0 Å². The van der Waals surface area contributed by atoms with E-state index in [9.17, 15) is 5.11 Å². The molecule has 110 valence electrons. The summed E-state index contributed by atoms with van der Waals surface area (Å²) in [5.74, 6) is 0.923. The van der Waals surface area contributed by atoms with Crippen molar-refractivity contribution in [1.82, 2.24) is 5.32 Å². The largest absolute Gasteiger partial charge is 0.488 e. The van der Waals surface area contributed by atoms with Crippen LogP contribution in [0.3, 0.4) is 0 Å². The first kappa shape index (κ1) is 13.9. The minimum atomic E-state index is -0.300. The fourth-order valence-electron chi connectivity index (χ4n) is 3.52. The summed E-state index contributed by atoms with van der Waals surface area (Å²) in [7, 11) is 0. The lowest BCUT2D eigenvalue weighted by atomic mass is 9.95. The lowest BCUT2D eigenvalue weighted by Gasteiger charge is -2.28. The van der Waals surface area contributed by atoms with E-state index in [2.05, 4.69) is 30.4 Å². The number of aliphatic hydroxyl groups is 1. The Hall–Kier alpha value is -1.06. The monoisotopic (exact) mass is 275 g/mol. The van der Waals surface area contributed by atoms with Crippen LogP contribution >= 0.6 is 0 Å². The lowest BCUT2D eigenvalue weighted by molar-refractivity contribution is 0.00684. The van der Waals surface area contributed by atoms with Crippen molar-refractivity contribution >= 4 is 0 Å². The Labute approximate surface area is 121 Å². The highest BCUT2D eigenvalue weighted by atomic mass is 16.5. The van der Waals surface area contributed by atoms with E-state index in [1.54, 1.807) is 0 Å². The van der Waals surface area contributed by atoms with Crippen LogP contribution in [0.4, 0.5) is 0 Å². The molecule has 2 aliphatic rings.